The zero-order valence-corrected chi connectivity index (χ0v) is 17.3. The Labute approximate surface area is 177 Å². The van der Waals surface area contributed by atoms with Crippen LogP contribution in [0, 0.1) is 6.92 Å². The first-order valence-electron chi connectivity index (χ1n) is 9.36. The maximum atomic E-state index is 12.3. The van der Waals surface area contributed by atoms with Crippen LogP contribution in [-0.2, 0) is 22.6 Å². The van der Waals surface area contributed by atoms with Gasteiger partial charge in [-0.25, -0.2) is 4.98 Å². The highest BCUT2D eigenvalue weighted by molar-refractivity contribution is 6.39. The summed E-state index contributed by atoms with van der Waals surface area (Å²) in [6.45, 7) is 3.88. The van der Waals surface area contributed by atoms with E-state index in [2.05, 4.69) is 25.7 Å². The number of aromatic amines is 1. The van der Waals surface area contributed by atoms with E-state index >= 15 is 0 Å². The van der Waals surface area contributed by atoms with Crippen molar-refractivity contribution in [1.82, 2.24) is 25.1 Å². The summed E-state index contributed by atoms with van der Waals surface area (Å²) >= 11 is 5.83. The van der Waals surface area contributed by atoms with E-state index in [4.69, 9.17) is 11.6 Å². The molecule has 10 heteroatoms. The van der Waals surface area contributed by atoms with Crippen LogP contribution in [0.4, 0.5) is 5.82 Å². The average Bonchev–Trinajstić information content (AvgIpc) is 3.07. The Morgan fingerprint density at radius 2 is 1.90 bits per heavy atom. The first kappa shape index (κ1) is 21.3. The number of rotatable bonds is 6. The van der Waals surface area contributed by atoms with E-state index in [1.807, 2.05) is 6.92 Å². The van der Waals surface area contributed by atoms with Gasteiger partial charge in [-0.2, -0.15) is 9.78 Å². The van der Waals surface area contributed by atoms with Crippen LogP contribution in [0.2, 0.25) is 5.02 Å². The maximum Gasteiger partial charge on any atom is 0.314 e. The average molecular weight is 429 g/mol. The van der Waals surface area contributed by atoms with Crippen molar-refractivity contribution in [3.8, 4) is 5.95 Å². The van der Waals surface area contributed by atoms with Gasteiger partial charge in [0.15, 0.2) is 0 Å². The molecule has 1 aromatic carbocycles. The van der Waals surface area contributed by atoms with Crippen LogP contribution in [0.25, 0.3) is 5.95 Å². The summed E-state index contributed by atoms with van der Waals surface area (Å²) in [5.41, 5.74) is 1.67. The largest absolute Gasteiger partial charge is 0.344 e. The van der Waals surface area contributed by atoms with Crippen molar-refractivity contribution in [2.24, 2.45) is 0 Å². The van der Waals surface area contributed by atoms with Gasteiger partial charge < -0.3 is 10.6 Å². The Hall–Kier alpha value is -3.46. The summed E-state index contributed by atoms with van der Waals surface area (Å²) in [7, 11) is 0. The van der Waals surface area contributed by atoms with Crippen LogP contribution in [-0.4, -0.2) is 31.6 Å². The molecule has 2 aromatic heterocycles. The molecule has 0 fully saturated rings. The second kappa shape index (κ2) is 9.36. The number of aromatic nitrogens is 4. The first-order valence-corrected chi connectivity index (χ1v) is 9.74. The molecule has 9 nitrogen and oxygen atoms in total. The minimum atomic E-state index is -0.864. The molecule has 2 amide bonds. The smallest absolute Gasteiger partial charge is 0.314 e. The number of carbonyl (C=O) groups is 2. The summed E-state index contributed by atoms with van der Waals surface area (Å²) < 4.78 is 1.29. The lowest BCUT2D eigenvalue weighted by Crippen LogP contribution is -2.35. The Kier molecular flexibility index (Phi) is 6.63. The fraction of sp³-hybridized carbons (Fsp3) is 0.250. The lowest BCUT2D eigenvalue weighted by molar-refractivity contribution is -0.136. The van der Waals surface area contributed by atoms with Crippen molar-refractivity contribution in [3.05, 3.63) is 68.7 Å². The number of anilines is 1. The van der Waals surface area contributed by atoms with Gasteiger partial charge in [0, 0.05) is 29.4 Å². The summed E-state index contributed by atoms with van der Waals surface area (Å²) in [4.78, 5) is 43.5. The van der Waals surface area contributed by atoms with Gasteiger partial charge >= 0.3 is 11.8 Å². The fourth-order valence-corrected chi connectivity index (χ4v) is 2.89. The molecule has 0 bridgehead atoms. The number of nitrogens with zero attached hydrogens (tertiary/aromatic N) is 3. The SMILES string of the molecule is CCCc1cc(=O)[nH]c(-n2nc(C)cc2NC(=O)C(=O)NCc2ccc(Cl)cc2)n1. The molecule has 156 valence electrons. The second-order valence-electron chi connectivity index (χ2n) is 6.66. The van der Waals surface area contributed by atoms with Gasteiger partial charge in [-0.15, -0.1) is 0 Å². The molecule has 0 unspecified atom stereocenters. The Morgan fingerprint density at radius 1 is 1.17 bits per heavy atom. The van der Waals surface area contributed by atoms with Crippen molar-refractivity contribution in [2.75, 3.05) is 5.32 Å². The molecule has 0 aliphatic heterocycles. The molecule has 0 spiro atoms. The number of benzene rings is 1. The van der Waals surface area contributed by atoms with E-state index in [9.17, 15) is 14.4 Å². The van der Waals surface area contributed by atoms with Crippen LogP contribution in [0.15, 0.2) is 41.2 Å². The monoisotopic (exact) mass is 428 g/mol. The third-order valence-electron chi connectivity index (χ3n) is 4.13. The predicted molar refractivity (Wildman–Crippen MR) is 113 cm³/mol. The highest BCUT2D eigenvalue weighted by Crippen LogP contribution is 2.14. The van der Waals surface area contributed by atoms with E-state index in [1.165, 1.54) is 10.7 Å². The maximum absolute atomic E-state index is 12.3. The number of carbonyl (C=O) groups excluding carboxylic acids is 2. The highest BCUT2D eigenvalue weighted by atomic mass is 35.5. The van der Waals surface area contributed by atoms with Gasteiger partial charge in [0.2, 0.25) is 5.95 Å². The standard InChI is InChI=1S/C20H21ClN6O3/c1-3-4-15-10-17(28)25-20(23-15)27-16(9-12(2)26-27)24-19(30)18(29)22-11-13-5-7-14(21)8-6-13/h5-10H,3-4,11H2,1-2H3,(H,22,29)(H,24,30)(H,23,25,28). The summed E-state index contributed by atoms with van der Waals surface area (Å²) in [5, 5.41) is 9.90. The van der Waals surface area contributed by atoms with Crippen molar-refractivity contribution < 1.29 is 9.59 Å². The molecular formula is C20H21ClN6O3. The quantitative estimate of drug-likeness (QED) is 0.519. The van der Waals surface area contributed by atoms with E-state index in [0.29, 0.717) is 22.8 Å². The molecule has 0 saturated heterocycles. The molecule has 0 radical (unpaired) electrons. The summed E-state index contributed by atoms with van der Waals surface area (Å²) in [6, 6.07) is 9.91. The van der Waals surface area contributed by atoms with Gasteiger partial charge in [-0.1, -0.05) is 37.1 Å². The fourth-order valence-electron chi connectivity index (χ4n) is 2.77. The lowest BCUT2D eigenvalue weighted by Gasteiger charge is -2.09. The molecule has 3 N–H and O–H groups in total. The predicted octanol–water partition coefficient (Wildman–Crippen LogP) is 2.12. The number of halogens is 1. The second-order valence-corrected chi connectivity index (χ2v) is 7.09. The molecule has 0 aliphatic carbocycles. The molecule has 0 saturated carbocycles. The van der Waals surface area contributed by atoms with Crippen LogP contribution < -0.4 is 16.2 Å². The Morgan fingerprint density at radius 3 is 2.60 bits per heavy atom. The minimum Gasteiger partial charge on any atom is -0.344 e. The molecular weight excluding hydrogens is 408 g/mol. The van der Waals surface area contributed by atoms with E-state index < -0.39 is 11.8 Å². The van der Waals surface area contributed by atoms with E-state index in [0.717, 1.165) is 12.0 Å². The number of hydrogen-bond acceptors (Lipinski definition) is 5. The lowest BCUT2D eigenvalue weighted by atomic mass is 10.2. The number of amides is 2. The van der Waals surface area contributed by atoms with Crippen molar-refractivity contribution in [1.29, 1.82) is 0 Å². The summed E-state index contributed by atoms with van der Waals surface area (Å²) in [6.07, 6.45) is 1.46. The van der Waals surface area contributed by atoms with Gasteiger partial charge in [-0.05, 0) is 31.0 Å². The molecule has 3 rings (SSSR count). The first-order chi connectivity index (χ1) is 14.4. The van der Waals surface area contributed by atoms with Gasteiger partial charge in [-0.3, -0.25) is 19.4 Å². The van der Waals surface area contributed by atoms with Gasteiger partial charge in [0.05, 0.1) is 5.69 Å². The molecule has 0 atom stereocenters. The molecule has 3 aromatic rings. The van der Waals surface area contributed by atoms with Crippen LogP contribution >= 0.6 is 11.6 Å². The van der Waals surface area contributed by atoms with Crippen molar-refractivity contribution in [2.45, 2.75) is 33.2 Å². The number of aryl methyl sites for hydroxylation is 2. The minimum absolute atomic E-state index is 0.163. The topological polar surface area (TPSA) is 122 Å². The number of hydrogen-bond donors (Lipinski definition) is 3. The van der Waals surface area contributed by atoms with E-state index in [1.54, 1.807) is 37.3 Å². The van der Waals surface area contributed by atoms with Gasteiger partial charge in [0.1, 0.15) is 5.82 Å². The highest BCUT2D eigenvalue weighted by Gasteiger charge is 2.18. The summed E-state index contributed by atoms with van der Waals surface area (Å²) in [5.74, 6) is -1.29. The van der Waals surface area contributed by atoms with Crippen LogP contribution in [0.3, 0.4) is 0 Å². The normalized spacial score (nSPS) is 10.6. The third-order valence-corrected chi connectivity index (χ3v) is 4.39. The van der Waals surface area contributed by atoms with Crippen LogP contribution in [0.1, 0.15) is 30.3 Å². The molecule has 30 heavy (non-hydrogen) atoms. The third kappa shape index (κ3) is 5.32. The van der Waals surface area contributed by atoms with Crippen LogP contribution in [0.5, 0.6) is 0 Å². The Balaban J connectivity index is 1.74. The number of nitrogens with one attached hydrogen (secondary N) is 3. The van der Waals surface area contributed by atoms with Gasteiger partial charge in [0.25, 0.3) is 5.56 Å². The zero-order valence-electron chi connectivity index (χ0n) is 16.5. The van der Waals surface area contributed by atoms with Crippen molar-refractivity contribution in [3.63, 3.8) is 0 Å². The molecule has 0 aliphatic rings. The van der Waals surface area contributed by atoms with E-state index in [-0.39, 0.29) is 23.9 Å². The number of H-pyrrole nitrogens is 1. The van der Waals surface area contributed by atoms with Crippen molar-refractivity contribution >= 4 is 29.2 Å². The zero-order chi connectivity index (χ0) is 21.7. The molecule has 2 heterocycles. The Bertz CT molecular complexity index is 1120.